The van der Waals surface area contributed by atoms with Crippen LogP contribution in [-0.2, 0) is 32.6 Å². The first-order valence-corrected chi connectivity index (χ1v) is 13.1. The minimum atomic E-state index is 0.214. The molecule has 5 aromatic rings. The van der Waals surface area contributed by atoms with Gasteiger partial charge in [0.15, 0.2) is 5.75 Å². The minimum absolute atomic E-state index is 0.214. The van der Waals surface area contributed by atoms with Gasteiger partial charge in [-0.2, -0.15) is 0 Å². The predicted molar refractivity (Wildman–Crippen MR) is 154 cm³/mol. The van der Waals surface area contributed by atoms with Crippen molar-refractivity contribution in [1.29, 1.82) is 0 Å². The molecule has 0 saturated heterocycles. The monoisotopic (exact) mass is 516 g/mol. The van der Waals surface area contributed by atoms with Crippen LogP contribution in [0.1, 0.15) is 35.3 Å². The van der Waals surface area contributed by atoms with Gasteiger partial charge >= 0.3 is 0 Å². The molecule has 0 bridgehead atoms. The highest BCUT2D eigenvalue weighted by atomic mass is 16.3. The smallest absolute Gasteiger partial charge is 0.162 e. The Morgan fingerprint density at radius 2 is 0.872 bits per heavy atom. The molecule has 7 nitrogen and oxygen atoms in total. The quantitative estimate of drug-likeness (QED) is 0.232. The molecule has 0 aliphatic carbocycles. The topological polar surface area (TPSA) is 78.3 Å². The highest BCUT2D eigenvalue weighted by Crippen LogP contribution is 2.41. The van der Waals surface area contributed by atoms with Gasteiger partial charge in [-0.25, -0.2) is 0 Å². The lowest BCUT2D eigenvalue weighted by Gasteiger charge is -2.30. The molecule has 0 aliphatic heterocycles. The molecule has 0 radical (unpaired) electrons. The third-order valence-corrected chi connectivity index (χ3v) is 6.54. The van der Waals surface area contributed by atoms with E-state index >= 15 is 0 Å². The molecule has 0 atom stereocenters. The SMILES string of the molecule is CCc1cc(N(Cc2ccccn2)Cc2ccccn2)c(O)c(N(Cc2ccccn2)Cc2ccccn2)c1. The van der Waals surface area contributed by atoms with Gasteiger partial charge in [-0.15, -0.1) is 0 Å². The maximum absolute atomic E-state index is 11.9. The van der Waals surface area contributed by atoms with Gasteiger partial charge in [-0.05, 0) is 72.6 Å². The first kappa shape index (κ1) is 25.9. The van der Waals surface area contributed by atoms with Crippen LogP contribution in [0.5, 0.6) is 5.75 Å². The number of phenols is 1. The van der Waals surface area contributed by atoms with E-state index in [1.165, 1.54) is 0 Å². The van der Waals surface area contributed by atoms with Crippen molar-refractivity contribution in [2.75, 3.05) is 9.80 Å². The molecule has 0 amide bonds. The highest BCUT2D eigenvalue weighted by molar-refractivity contribution is 5.74. The van der Waals surface area contributed by atoms with E-state index in [1.54, 1.807) is 24.8 Å². The second-order valence-electron chi connectivity index (χ2n) is 9.33. The maximum Gasteiger partial charge on any atom is 0.162 e. The Kier molecular flexibility index (Phi) is 8.38. The van der Waals surface area contributed by atoms with Crippen LogP contribution in [-0.4, -0.2) is 25.0 Å². The van der Waals surface area contributed by atoms with Crippen molar-refractivity contribution in [3.05, 3.63) is 138 Å². The van der Waals surface area contributed by atoms with Gasteiger partial charge in [0.2, 0.25) is 0 Å². The zero-order valence-electron chi connectivity index (χ0n) is 22.1. The Morgan fingerprint density at radius 1 is 0.538 bits per heavy atom. The summed E-state index contributed by atoms with van der Waals surface area (Å²) in [7, 11) is 0. The van der Waals surface area contributed by atoms with Crippen LogP contribution >= 0.6 is 0 Å². The van der Waals surface area contributed by atoms with Crippen LogP contribution in [0.4, 0.5) is 11.4 Å². The fourth-order valence-corrected chi connectivity index (χ4v) is 4.55. The molecule has 0 unspecified atom stereocenters. The third-order valence-electron chi connectivity index (χ3n) is 6.54. The number of hydrogen-bond acceptors (Lipinski definition) is 7. The number of benzene rings is 1. The van der Waals surface area contributed by atoms with Crippen molar-refractivity contribution in [3.63, 3.8) is 0 Å². The second kappa shape index (κ2) is 12.6. The maximum atomic E-state index is 11.9. The Hall–Kier alpha value is -4.78. The number of rotatable bonds is 11. The lowest BCUT2D eigenvalue weighted by atomic mass is 10.1. The Balaban J connectivity index is 1.58. The largest absolute Gasteiger partial charge is 0.504 e. The van der Waals surface area contributed by atoms with E-state index in [2.05, 4.69) is 48.8 Å². The van der Waals surface area contributed by atoms with Gasteiger partial charge in [-0.3, -0.25) is 19.9 Å². The first-order chi connectivity index (χ1) is 19.2. The highest BCUT2D eigenvalue weighted by Gasteiger charge is 2.22. The number of aryl methyl sites for hydroxylation is 1. The van der Waals surface area contributed by atoms with Gasteiger partial charge < -0.3 is 14.9 Å². The number of nitrogens with zero attached hydrogens (tertiary/aromatic N) is 6. The van der Waals surface area contributed by atoms with Crippen LogP contribution in [0.25, 0.3) is 0 Å². The minimum Gasteiger partial charge on any atom is -0.504 e. The number of aromatic nitrogens is 4. The molecule has 0 spiro atoms. The summed E-state index contributed by atoms with van der Waals surface area (Å²) in [4.78, 5) is 22.5. The summed E-state index contributed by atoms with van der Waals surface area (Å²) in [6, 6.07) is 27.7. The van der Waals surface area contributed by atoms with E-state index in [9.17, 15) is 5.11 Å². The molecular formula is C32H32N6O. The van der Waals surface area contributed by atoms with Gasteiger partial charge in [0.05, 0.1) is 60.3 Å². The average Bonchev–Trinajstić information content (AvgIpc) is 2.99. The summed E-state index contributed by atoms with van der Waals surface area (Å²) in [5.74, 6) is 0.214. The number of aromatic hydroxyl groups is 1. The molecule has 39 heavy (non-hydrogen) atoms. The van der Waals surface area contributed by atoms with Crippen LogP contribution in [0.2, 0.25) is 0 Å². The van der Waals surface area contributed by atoms with Gasteiger partial charge in [0.1, 0.15) is 0 Å². The lowest BCUT2D eigenvalue weighted by Crippen LogP contribution is -2.26. The molecule has 0 saturated carbocycles. The normalized spacial score (nSPS) is 10.8. The molecule has 196 valence electrons. The van der Waals surface area contributed by atoms with E-state index < -0.39 is 0 Å². The fraction of sp³-hybridized carbons (Fsp3) is 0.188. The molecule has 4 heterocycles. The van der Waals surface area contributed by atoms with Crippen molar-refractivity contribution in [3.8, 4) is 5.75 Å². The van der Waals surface area contributed by atoms with Crippen LogP contribution in [0.3, 0.4) is 0 Å². The zero-order chi connectivity index (χ0) is 26.9. The first-order valence-electron chi connectivity index (χ1n) is 13.1. The summed E-state index contributed by atoms with van der Waals surface area (Å²) in [6.45, 7) is 4.23. The van der Waals surface area contributed by atoms with Crippen molar-refractivity contribution in [2.24, 2.45) is 0 Å². The molecule has 0 aliphatic rings. The van der Waals surface area contributed by atoms with Gasteiger partial charge in [-0.1, -0.05) is 31.2 Å². The molecule has 0 fully saturated rings. The number of phenolic OH excluding ortho intramolecular Hbond substituents is 1. The average molecular weight is 517 g/mol. The second-order valence-corrected chi connectivity index (χ2v) is 9.33. The summed E-state index contributed by atoms with van der Waals surface area (Å²) in [6.07, 6.45) is 8.00. The molecule has 5 rings (SSSR count). The number of pyridine rings is 4. The van der Waals surface area contributed by atoms with Crippen LogP contribution in [0.15, 0.2) is 110 Å². The Labute approximate surface area is 229 Å². The van der Waals surface area contributed by atoms with E-state index in [1.807, 2.05) is 72.8 Å². The fourth-order valence-electron chi connectivity index (χ4n) is 4.55. The summed E-state index contributed by atoms with van der Waals surface area (Å²) in [5, 5.41) is 11.9. The van der Waals surface area contributed by atoms with Gasteiger partial charge in [0.25, 0.3) is 0 Å². The summed E-state index contributed by atoms with van der Waals surface area (Å²) < 4.78 is 0. The van der Waals surface area contributed by atoms with E-state index in [0.29, 0.717) is 26.2 Å². The molecule has 1 aromatic carbocycles. The predicted octanol–water partition coefficient (Wildman–Crippen LogP) is 5.95. The number of anilines is 2. The Morgan fingerprint density at radius 3 is 1.13 bits per heavy atom. The summed E-state index contributed by atoms with van der Waals surface area (Å²) in [5.41, 5.74) is 6.26. The zero-order valence-corrected chi connectivity index (χ0v) is 22.1. The Bertz CT molecular complexity index is 1260. The standard InChI is InChI=1S/C32H32N6O/c1-2-25-19-30(37(21-26-11-3-7-15-33-26)22-27-12-4-8-16-34-27)32(39)31(20-25)38(23-28-13-5-9-17-35-28)24-29-14-6-10-18-36-29/h3-20,39H,2,21-24H2,1H3. The number of hydrogen-bond donors (Lipinski definition) is 1. The molecule has 7 heteroatoms. The summed E-state index contributed by atoms with van der Waals surface area (Å²) >= 11 is 0. The van der Waals surface area contributed by atoms with Gasteiger partial charge in [0, 0.05) is 24.8 Å². The van der Waals surface area contributed by atoms with E-state index in [-0.39, 0.29) is 5.75 Å². The van der Waals surface area contributed by atoms with Crippen LogP contribution < -0.4 is 9.80 Å². The molecule has 1 N–H and O–H groups in total. The molecule has 4 aromatic heterocycles. The van der Waals surface area contributed by atoms with E-state index in [4.69, 9.17) is 0 Å². The lowest BCUT2D eigenvalue weighted by molar-refractivity contribution is 0.470. The van der Waals surface area contributed by atoms with Crippen molar-refractivity contribution >= 4 is 11.4 Å². The van der Waals surface area contributed by atoms with E-state index in [0.717, 1.165) is 46.1 Å². The van der Waals surface area contributed by atoms with Crippen LogP contribution in [0, 0.1) is 0 Å². The third kappa shape index (κ3) is 6.76. The van der Waals surface area contributed by atoms with Crippen molar-refractivity contribution in [2.45, 2.75) is 39.5 Å². The molecular weight excluding hydrogens is 484 g/mol. The van der Waals surface area contributed by atoms with Crippen molar-refractivity contribution in [1.82, 2.24) is 19.9 Å². The van der Waals surface area contributed by atoms with Crippen molar-refractivity contribution < 1.29 is 5.11 Å².